The number of amides is 3. The maximum absolute atomic E-state index is 12.7. The van der Waals surface area contributed by atoms with Gasteiger partial charge in [0.1, 0.15) is 5.54 Å². The van der Waals surface area contributed by atoms with Crippen LogP contribution in [0.25, 0.3) is 0 Å². The Morgan fingerprint density at radius 1 is 1.19 bits per heavy atom. The van der Waals surface area contributed by atoms with Crippen LogP contribution in [0.15, 0.2) is 0 Å². The summed E-state index contributed by atoms with van der Waals surface area (Å²) in [6.45, 7) is 3.04. The van der Waals surface area contributed by atoms with Crippen LogP contribution in [0, 0.1) is 5.92 Å². The van der Waals surface area contributed by atoms with Crippen molar-refractivity contribution < 1.29 is 9.59 Å². The fraction of sp³-hybridized carbons (Fsp3) is 0.867. The van der Waals surface area contributed by atoms with Crippen LogP contribution < -0.4 is 21.7 Å². The lowest BCUT2D eigenvalue weighted by atomic mass is 9.94. The van der Waals surface area contributed by atoms with Gasteiger partial charge in [0.2, 0.25) is 5.91 Å². The zero-order chi connectivity index (χ0) is 15.3. The monoisotopic (exact) mass is 296 g/mol. The quantitative estimate of drug-likeness (QED) is 0.606. The summed E-state index contributed by atoms with van der Waals surface area (Å²) in [6, 6.07) is -0.0904. The smallest absolute Gasteiger partial charge is 0.315 e. The summed E-state index contributed by atoms with van der Waals surface area (Å²) in [7, 11) is 0. The van der Waals surface area contributed by atoms with Gasteiger partial charge in [0.25, 0.3) is 0 Å². The number of carbonyl (C=O) groups excluding carboxylic acids is 2. The third-order valence-corrected chi connectivity index (χ3v) is 4.86. The van der Waals surface area contributed by atoms with E-state index in [1.807, 2.05) is 6.92 Å². The maximum atomic E-state index is 12.7. The van der Waals surface area contributed by atoms with E-state index < -0.39 is 5.54 Å². The van der Waals surface area contributed by atoms with Crippen molar-refractivity contribution in [2.45, 2.75) is 63.5 Å². The van der Waals surface area contributed by atoms with E-state index in [2.05, 4.69) is 16.0 Å². The predicted octanol–water partition coefficient (Wildman–Crippen LogP) is 0.862. The molecule has 2 aliphatic carbocycles. The SMILES string of the molecule is CCNC(=O)NC1(C(=O)NC2CCCC2CN)CCCC1. The first-order valence-electron chi connectivity index (χ1n) is 8.18. The summed E-state index contributed by atoms with van der Waals surface area (Å²) in [6.07, 6.45) is 6.58. The number of rotatable bonds is 5. The van der Waals surface area contributed by atoms with E-state index in [0.717, 1.165) is 44.9 Å². The maximum Gasteiger partial charge on any atom is 0.315 e. The third kappa shape index (κ3) is 3.67. The molecule has 0 bridgehead atoms. The topological polar surface area (TPSA) is 96.2 Å². The van der Waals surface area contributed by atoms with E-state index in [-0.39, 0.29) is 18.0 Å². The van der Waals surface area contributed by atoms with Gasteiger partial charge in [0, 0.05) is 12.6 Å². The molecule has 0 aromatic carbocycles. The number of hydrogen-bond donors (Lipinski definition) is 4. The lowest BCUT2D eigenvalue weighted by Gasteiger charge is -2.31. The van der Waals surface area contributed by atoms with E-state index in [1.54, 1.807) is 0 Å². The van der Waals surface area contributed by atoms with Gasteiger partial charge in [-0.25, -0.2) is 4.79 Å². The molecule has 3 amide bonds. The second-order valence-corrected chi connectivity index (χ2v) is 6.28. The molecular formula is C15H28N4O2. The van der Waals surface area contributed by atoms with Crippen molar-refractivity contribution in [3.05, 3.63) is 0 Å². The first-order chi connectivity index (χ1) is 10.1. The lowest BCUT2D eigenvalue weighted by molar-refractivity contribution is -0.128. The lowest BCUT2D eigenvalue weighted by Crippen LogP contribution is -2.61. The van der Waals surface area contributed by atoms with Crippen molar-refractivity contribution in [3.63, 3.8) is 0 Å². The Bertz CT molecular complexity index is 380. The normalized spacial score (nSPS) is 27.3. The molecule has 6 heteroatoms. The van der Waals surface area contributed by atoms with Gasteiger partial charge in [-0.1, -0.05) is 19.3 Å². The fourth-order valence-electron chi connectivity index (χ4n) is 3.62. The molecule has 0 radical (unpaired) electrons. The van der Waals surface area contributed by atoms with Gasteiger partial charge < -0.3 is 21.7 Å². The van der Waals surface area contributed by atoms with Gasteiger partial charge in [-0.2, -0.15) is 0 Å². The molecular weight excluding hydrogens is 268 g/mol. The Kier molecular flexibility index (Phi) is 5.45. The number of nitrogens with one attached hydrogen (secondary N) is 3. The average molecular weight is 296 g/mol. The molecule has 2 rings (SSSR count). The molecule has 2 unspecified atom stereocenters. The minimum absolute atomic E-state index is 0.0309. The Balaban J connectivity index is 2.00. The molecule has 0 aromatic heterocycles. The first kappa shape index (κ1) is 16.1. The Labute approximate surface area is 126 Å². The first-order valence-corrected chi connectivity index (χ1v) is 8.18. The zero-order valence-corrected chi connectivity index (χ0v) is 12.9. The van der Waals surface area contributed by atoms with Gasteiger partial charge in [0.15, 0.2) is 0 Å². The number of nitrogens with two attached hydrogens (primary N) is 1. The van der Waals surface area contributed by atoms with E-state index in [1.165, 1.54) is 0 Å². The second kappa shape index (κ2) is 7.11. The summed E-state index contributed by atoms with van der Waals surface area (Å²) in [5.41, 5.74) is 5.04. The van der Waals surface area contributed by atoms with Crippen molar-refractivity contribution in [2.24, 2.45) is 11.7 Å². The van der Waals surface area contributed by atoms with Crippen LogP contribution in [-0.2, 0) is 4.79 Å². The minimum Gasteiger partial charge on any atom is -0.351 e. The molecule has 2 aliphatic rings. The molecule has 0 aromatic rings. The van der Waals surface area contributed by atoms with Gasteiger partial charge >= 0.3 is 6.03 Å². The van der Waals surface area contributed by atoms with E-state index >= 15 is 0 Å². The van der Waals surface area contributed by atoms with Crippen molar-refractivity contribution in [1.29, 1.82) is 0 Å². The highest BCUT2D eigenvalue weighted by molar-refractivity contribution is 5.91. The van der Waals surface area contributed by atoms with Crippen LogP contribution in [0.4, 0.5) is 4.79 Å². The molecule has 0 saturated heterocycles. The van der Waals surface area contributed by atoms with Crippen molar-refractivity contribution in [2.75, 3.05) is 13.1 Å². The van der Waals surface area contributed by atoms with Crippen LogP contribution in [0.1, 0.15) is 51.9 Å². The van der Waals surface area contributed by atoms with Gasteiger partial charge in [-0.05, 0) is 45.1 Å². The summed E-state index contributed by atoms with van der Waals surface area (Å²) < 4.78 is 0. The van der Waals surface area contributed by atoms with Crippen LogP contribution >= 0.6 is 0 Å². The molecule has 0 heterocycles. The predicted molar refractivity (Wildman–Crippen MR) is 81.7 cm³/mol. The molecule has 2 saturated carbocycles. The van der Waals surface area contributed by atoms with Crippen molar-refractivity contribution in [1.82, 2.24) is 16.0 Å². The molecule has 0 spiro atoms. The van der Waals surface area contributed by atoms with E-state index in [9.17, 15) is 9.59 Å². The Hall–Kier alpha value is -1.30. The highest BCUT2D eigenvalue weighted by Crippen LogP contribution is 2.31. The van der Waals surface area contributed by atoms with Crippen molar-refractivity contribution in [3.8, 4) is 0 Å². The third-order valence-electron chi connectivity index (χ3n) is 4.86. The molecule has 0 aliphatic heterocycles. The number of urea groups is 1. The molecule has 5 N–H and O–H groups in total. The summed E-state index contributed by atoms with van der Waals surface area (Å²) in [5, 5.41) is 8.77. The highest BCUT2D eigenvalue weighted by atomic mass is 16.2. The summed E-state index contributed by atoms with van der Waals surface area (Å²) in [5.74, 6) is 0.341. The zero-order valence-electron chi connectivity index (χ0n) is 12.9. The molecule has 120 valence electrons. The Morgan fingerprint density at radius 3 is 2.52 bits per heavy atom. The summed E-state index contributed by atoms with van der Waals surface area (Å²) in [4.78, 5) is 24.6. The van der Waals surface area contributed by atoms with E-state index in [4.69, 9.17) is 5.73 Å². The largest absolute Gasteiger partial charge is 0.351 e. The van der Waals surface area contributed by atoms with Crippen LogP contribution in [-0.4, -0.2) is 36.6 Å². The summed E-state index contributed by atoms with van der Waals surface area (Å²) >= 11 is 0. The average Bonchev–Trinajstić information content (AvgIpc) is 3.08. The van der Waals surface area contributed by atoms with Gasteiger partial charge in [0.05, 0.1) is 0 Å². The Morgan fingerprint density at radius 2 is 1.90 bits per heavy atom. The van der Waals surface area contributed by atoms with Gasteiger partial charge in [-0.15, -0.1) is 0 Å². The minimum atomic E-state index is -0.735. The van der Waals surface area contributed by atoms with Crippen LogP contribution in [0.5, 0.6) is 0 Å². The standard InChI is InChI=1S/C15H28N4O2/c1-2-17-14(21)19-15(8-3-4-9-15)13(20)18-12-7-5-6-11(12)10-16/h11-12H,2-10,16H2,1H3,(H,18,20)(H2,17,19,21). The second-order valence-electron chi connectivity index (χ2n) is 6.28. The van der Waals surface area contributed by atoms with Gasteiger partial charge in [-0.3, -0.25) is 4.79 Å². The van der Waals surface area contributed by atoms with Crippen molar-refractivity contribution >= 4 is 11.9 Å². The number of carbonyl (C=O) groups is 2. The van der Waals surface area contributed by atoms with Crippen LogP contribution in [0.3, 0.4) is 0 Å². The molecule has 2 fully saturated rings. The molecule has 21 heavy (non-hydrogen) atoms. The van der Waals surface area contributed by atoms with E-state index in [0.29, 0.717) is 19.0 Å². The highest BCUT2D eigenvalue weighted by Gasteiger charge is 2.44. The molecule has 2 atom stereocenters. The fourth-order valence-corrected chi connectivity index (χ4v) is 3.62. The number of hydrogen-bond acceptors (Lipinski definition) is 3. The van der Waals surface area contributed by atoms with Crippen LogP contribution in [0.2, 0.25) is 0 Å². The molecule has 6 nitrogen and oxygen atoms in total.